The average molecular weight is 1420 g/mol. The normalized spacial score (nSPS) is 19.2. The third kappa shape index (κ3) is 42.3. The fourth-order valence-corrected chi connectivity index (χ4v) is 8.62. The van der Waals surface area contributed by atoms with Gasteiger partial charge < -0.3 is 34.3 Å². The van der Waals surface area contributed by atoms with Gasteiger partial charge in [-0.3, -0.25) is 24.0 Å². The van der Waals surface area contributed by atoms with Crippen molar-refractivity contribution in [3.8, 4) is 0 Å². The fourth-order valence-electron chi connectivity index (χ4n) is 8.62. The van der Waals surface area contributed by atoms with Crippen LogP contribution in [0.25, 0.3) is 0 Å². The maximum absolute atomic E-state index is 13.2. The second kappa shape index (κ2) is 29.3. The maximum atomic E-state index is 13.2. The Labute approximate surface area is 519 Å². The zero-order valence-corrected chi connectivity index (χ0v) is 54.6. The molecule has 0 radical (unpaired) electrons. The second-order valence-electron chi connectivity index (χ2n) is 23.6. The molecule has 5 rings (SSSR count). The van der Waals surface area contributed by atoms with Crippen molar-refractivity contribution in [1.82, 2.24) is 15.2 Å². The molecule has 1 aliphatic rings. The molecule has 3 heterocycles. The number of halogens is 18. The Bertz CT molecular complexity index is 2990. The summed E-state index contributed by atoms with van der Waals surface area (Å²) >= 11 is 0. The average Bonchev–Trinajstić information content (AvgIpc) is 0.997. The number of nitrogens with one attached hydrogen (secondary N) is 1. The molecule has 16 nitrogen and oxygen atoms in total. The Morgan fingerprint density at radius 3 is 1.52 bits per heavy atom. The molecule has 0 saturated carbocycles. The van der Waals surface area contributed by atoms with Crippen LogP contribution in [-0.2, 0) is 73.2 Å². The molecule has 0 spiro atoms. The number of aromatic nitrogens is 4. The van der Waals surface area contributed by atoms with Gasteiger partial charge in [-0.1, -0.05) is 90.8 Å². The number of rotatable bonds is 24. The Balaban J connectivity index is 0.00000117. The summed E-state index contributed by atoms with van der Waals surface area (Å²) in [4.78, 5) is 61.5. The van der Waals surface area contributed by atoms with Crippen molar-refractivity contribution in [3.05, 3.63) is 107 Å². The second-order valence-corrected chi connectivity index (χ2v) is 29.3. The van der Waals surface area contributed by atoms with Crippen LogP contribution in [0.1, 0.15) is 160 Å². The Hall–Kier alpha value is -5.97. The molecule has 530 valence electrons. The van der Waals surface area contributed by atoms with Crippen LogP contribution >= 0.6 is 23.4 Å². The van der Waals surface area contributed by atoms with E-state index in [1.165, 1.54) is 72.7 Å². The number of pyridine rings is 1. The zero-order chi connectivity index (χ0) is 70.9. The number of quaternary nitrogens is 1. The van der Waals surface area contributed by atoms with Crippen LogP contribution in [0, 0.1) is 0 Å². The van der Waals surface area contributed by atoms with Gasteiger partial charge in [0.15, 0.2) is 36.5 Å². The minimum absolute atomic E-state index is 0.111. The first-order chi connectivity index (χ1) is 41.0. The summed E-state index contributed by atoms with van der Waals surface area (Å²) in [6.45, 7) is 21.2. The Morgan fingerprint density at radius 1 is 0.587 bits per heavy atom. The summed E-state index contributed by atoms with van der Waals surface area (Å²) in [5, 5.41) is 10.4. The van der Waals surface area contributed by atoms with E-state index in [9.17, 15) is 99.5 Å². The fraction of sp³-hybridized carbons (Fsp3) is 0.564. The van der Waals surface area contributed by atoms with Gasteiger partial charge in [-0.25, -0.2) is 0 Å². The quantitative estimate of drug-likeness (QED) is 0.0129. The van der Waals surface area contributed by atoms with Gasteiger partial charge in [0.25, 0.3) is 5.91 Å². The van der Waals surface area contributed by atoms with Gasteiger partial charge in [0, 0.05) is 64.9 Å². The molecule has 1 fully saturated rings. The molecule has 1 saturated heterocycles. The first-order valence-electron chi connectivity index (χ1n) is 28.3. The van der Waals surface area contributed by atoms with Crippen LogP contribution in [0.2, 0.25) is 0 Å². The molecule has 0 aliphatic carbocycles. The van der Waals surface area contributed by atoms with Crippen molar-refractivity contribution < 1.29 is 138 Å². The van der Waals surface area contributed by atoms with Gasteiger partial charge in [-0.2, -0.15) is 4.57 Å². The zero-order valence-electron chi connectivity index (χ0n) is 51.9. The van der Waals surface area contributed by atoms with Crippen LogP contribution in [0.3, 0.4) is 0 Å². The molecule has 2 aromatic heterocycles. The summed E-state index contributed by atoms with van der Waals surface area (Å²) in [6.07, 6.45) is 8.61. The first kappa shape index (κ1) is 82.1. The van der Waals surface area contributed by atoms with Gasteiger partial charge in [0.2, 0.25) is 6.10 Å². The van der Waals surface area contributed by atoms with Crippen LogP contribution < -0.4 is 19.9 Å². The van der Waals surface area contributed by atoms with E-state index in [0.717, 1.165) is 65.1 Å². The number of hydrogen-bond acceptors (Lipinski definition) is 11. The number of aryl methyl sites for hydroxylation is 2. The van der Waals surface area contributed by atoms with Crippen LogP contribution in [0.4, 0.5) is 81.2 Å². The summed E-state index contributed by atoms with van der Waals surface area (Å²) < 4.78 is 211. The van der Waals surface area contributed by atoms with E-state index in [1.807, 2.05) is 6.07 Å². The molecule has 1 amide bonds. The van der Waals surface area contributed by atoms with Crippen LogP contribution in [0.15, 0.2) is 79.3 Å². The van der Waals surface area contributed by atoms with E-state index < -0.39 is 77.9 Å². The van der Waals surface area contributed by atoms with Crippen molar-refractivity contribution in [1.29, 1.82) is 0 Å². The number of carbonyl (C=O) groups is 5. The topological polar surface area (TPSA) is 186 Å². The van der Waals surface area contributed by atoms with E-state index in [1.54, 1.807) is 24.5 Å². The Kier molecular flexibility index (Phi) is 26.2. The third-order valence-electron chi connectivity index (χ3n) is 12.5. The monoisotopic (exact) mass is 1420 g/mol. The molecule has 37 heteroatoms. The van der Waals surface area contributed by atoms with Gasteiger partial charge in [0.05, 0.1) is 17.3 Å². The number of nitrogens with two attached hydrogens (primary N) is 1. The van der Waals surface area contributed by atoms with E-state index >= 15 is 0 Å². The molecule has 2 aromatic carbocycles. The number of benzene rings is 2. The predicted molar refractivity (Wildman–Crippen MR) is 306 cm³/mol. The Morgan fingerprint density at radius 2 is 1.04 bits per heavy atom. The number of ether oxygens (including phenoxy) is 5. The molecule has 5 atom stereocenters. The van der Waals surface area contributed by atoms with Gasteiger partial charge in [0.1, 0.15) is 31.5 Å². The number of unbranched alkanes of at least 4 members (excludes halogenated alkanes) is 6. The van der Waals surface area contributed by atoms with E-state index in [0.29, 0.717) is 12.1 Å². The van der Waals surface area contributed by atoms with Crippen molar-refractivity contribution in [2.75, 3.05) is 19.7 Å². The van der Waals surface area contributed by atoms with Crippen LogP contribution in [0.5, 0.6) is 0 Å². The summed E-state index contributed by atoms with van der Waals surface area (Å²) in [5.41, 5.74) is 7.21. The molecule has 1 aliphatic heterocycles. The van der Waals surface area contributed by atoms with Crippen molar-refractivity contribution in [2.24, 2.45) is 0 Å². The SMILES string of the molecule is CC(=O)OC[C@H]1O[C@H]([n+]2ccc(C(=O)NCCCCCC[n+]3cc(CCCCCC[NH2+]c4cc(C(C)(C)C)cc(C(C)(C)C)c4)n(Cc4ccccc4)n3)cc2)[C@@H](OC(C)=O)[C@@H](OC(C)=O)[C@@H]1OC(C)=O.F[P-](F)(F)(F)(F)F.F[P-](F)(F)(F)(F)F.F[P-](F)(F)(F)(F)F. The van der Waals surface area contributed by atoms with E-state index in [4.69, 9.17) is 28.9 Å². The van der Waals surface area contributed by atoms with Crippen molar-refractivity contribution in [2.45, 2.75) is 182 Å². The third-order valence-corrected chi connectivity index (χ3v) is 12.5. The number of hydrogen-bond donors (Lipinski definition) is 2. The number of carbonyl (C=O) groups excluding carboxylic acids is 5. The first-order valence-corrected chi connectivity index (χ1v) is 34.4. The summed E-state index contributed by atoms with van der Waals surface area (Å²) in [7, 11) is -32.0. The van der Waals surface area contributed by atoms with E-state index in [-0.39, 0.29) is 23.3 Å². The minimum atomic E-state index is -10.7. The molecule has 0 unspecified atom stereocenters. The molecule has 3 N–H and O–H groups in total. The van der Waals surface area contributed by atoms with Gasteiger partial charge >= 0.3 is 129 Å². The number of amides is 1. The molecule has 92 heavy (non-hydrogen) atoms. The number of nitrogens with zero attached hydrogens (tertiary/aromatic N) is 4. The standard InChI is InChI=1S/C55H77N6O10.3F6P/c1-38(62)67-37-48-49(68-39(2)63)50(69-40(3)64)51(70-41(4)65)53(71-48)59-30-25-43(26-31-59)52(66)57-28-20-13-14-21-29-60-36-47(61(58-60)35-42-22-16-15-17-23-42)24-18-11-12-19-27-56-46-33-44(54(5,6)7)32-45(34-46)55(8,9)10;3*1-7(2,3,4,5)6/h15-17,22-23,25-26,30-34,36,48-51,53,56H,11-14,18-21,24,27-29,35,37H2,1-10H3;;;/q+1;3*-1/p+2/t48-,49-,50+,51+,53+;;;/m1.../s1. The molecular weight excluding hydrogens is 1340 g/mol. The van der Waals surface area contributed by atoms with Crippen molar-refractivity contribution in [3.63, 3.8) is 0 Å². The van der Waals surface area contributed by atoms with Crippen molar-refractivity contribution >= 4 is 58.9 Å². The molecule has 0 bridgehead atoms. The molecular formula is C55H79F18N6O10P3. The van der Waals surface area contributed by atoms with Gasteiger partial charge in [-0.05, 0) is 66.0 Å². The van der Waals surface area contributed by atoms with Gasteiger partial charge in [-0.15, -0.1) is 9.36 Å². The van der Waals surface area contributed by atoms with Crippen LogP contribution in [-0.4, -0.2) is 83.8 Å². The number of esters is 4. The van der Waals surface area contributed by atoms with E-state index in [2.05, 4.69) is 110 Å². The summed E-state index contributed by atoms with van der Waals surface area (Å²) in [6, 6.07) is 20.8. The summed E-state index contributed by atoms with van der Waals surface area (Å²) in [5.74, 6) is -3.01. The molecule has 4 aromatic rings. The predicted octanol–water partition coefficient (Wildman–Crippen LogP) is 16.5.